The lowest BCUT2D eigenvalue weighted by Crippen LogP contribution is -2.38. The van der Waals surface area contributed by atoms with Crippen molar-refractivity contribution in [2.45, 2.75) is 31.3 Å². The molecular weight excluding hydrogens is 255 g/mol. The first-order chi connectivity index (χ1) is 9.72. The molecule has 112 valence electrons. The largest absolute Gasteiger partial charge is 0.381 e. The van der Waals surface area contributed by atoms with Gasteiger partial charge in [0, 0.05) is 30.9 Å². The van der Waals surface area contributed by atoms with Gasteiger partial charge in [0.25, 0.3) is 0 Å². The smallest absolute Gasteiger partial charge is 0.127 e. The minimum atomic E-state index is -0.124. The summed E-state index contributed by atoms with van der Waals surface area (Å²) in [5.41, 5.74) is 0.760. The van der Waals surface area contributed by atoms with E-state index in [4.69, 9.17) is 4.74 Å². The quantitative estimate of drug-likeness (QED) is 0.867. The Morgan fingerprint density at radius 3 is 2.70 bits per heavy atom. The molecule has 1 heterocycles. The number of ether oxygens (including phenoxy) is 1. The highest BCUT2D eigenvalue weighted by Gasteiger charge is 2.20. The van der Waals surface area contributed by atoms with Gasteiger partial charge in [-0.2, -0.15) is 0 Å². The van der Waals surface area contributed by atoms with Crippen LogP contribution in [0, 0.1) is 5.82 Å². The van der Waals surface area contributed by atoms with E-state index >= 15 is 0 Å². The Morgan fingerprint density at radius 2 is 2.05 bits per heavy atom. The molecule has 1 aliphatic rings. The highest BCUT2D eigenvalue weighted by molar-refractivity contribution is 5.21. The Labute approximate surface area is 121 Å². The summed E-state index contributed by atoms with van der Waals surface area (Å²) in [4.78, 5) is 2.38. The zero-order valence-corrected chi connectivity index (χ0v) is 12.4. The highest BCUT2D eigenvalue weighted by atomic mass is 19.1. The van der Waals surface area contributed by atoms with Crippen LogP contribution in [0.25, 0.3) is 0 Å². The molecule has 4 heteroatoms. The molecule has 1 unspecified atom stereocenters. The van der Waals surface area contributed by atoms with Crippen molar-refractivity contribution in [2.24, 2.45) is 0 Å². The lowest BCUT2D eigenvalue weighted by atomic mass is 10.0. The van der Waals surface area contributed by atoms with E-state index in [0.717, 1.165) is 44.6 Å². The van der Waals surface area contributed by atoms with E-state index in [1.165, 1.54) is 6.07 Å². The molecule has 0 spiro atoms. The molecule has 0 bridgehead atoms. The first-order valence-electron chi connectivity index (χ1n) is 7.42. The van der Waals surface area contributed by atoms with Gasteiger partial charge in [0.2, 0.25) is 0 Å². The average molecular weight is 280 g/mol. The molecule has 1 aromatic carbocycles. The van der Waals surface area contributed by atoms with Gasteiger partial charge in [-0.25, -0.2) is 4.39 Å². The van der Waals surface area contributed by atoms with Gasteiger partial charge in [-0.15, -0.1) is 0 Å². The van der Waals surface area contributed by atoms with Gasteiger partial charge in [0.1, 0.15) is 5.82 Å². The van der Waals surface area contributed by atoms with E-state index in [1.807, 2.05) is 19.2 Å². The van der Waals surface area contributed by atoms with E-state index in [-0.39, 0.29) is 11.9 Å². The zero-order chi connectivity index (χ0) is 14.4. The standard InChI is InChI=1S/C16H25FN2O/c1-18-16(14-5-3-4-6-15(14)17)7-10-19(2)13-8-11-20-12-9-13/h3-6,13,16,18H,7-12H2,1-2H3. The summed E-state index contributed by atoms with van der Waals surface area (Å²) in [6.07, 6.45) is 3.10. The van der Waals surface area contributed by atoms with Crippen molar-refractivity contribution in [2.75, 3.05) is 33.9 Å². The molecule has 1 aromatic rings. The predicted molar refractivity (Wildman–Crippen MR) is 79.3 cm³/mol. The van der Waals surface area contributed by atoms with Gasteiger partial charge in [-0.05, 0) is 46.0 Å². The molecule has 0 radical (unpaired) electrons. The fraction of sp³-hybridized carbons (Fsp3) is 0.625. The summed E-state index contributed by atoms with van der Waals surface area (Å²) in [7, 11) is 4.05. The number of benzene rings is 1. The Balaban J connectivity index is 1.89. The van der Waals surface area contributed by atoms with Crippen LogP contribution in [-0.2, 0) is 4.74 Å². The van der Waals surface area contributed by atoms with E-state index in [1.54, 1.807) is 6.07 Å². The topological polar surface area (TPSA) is 24.5 Å². The molecule has 1 saturated heterocycles. The van der Waals surface area contributed by atoms with Gasteiger partial charge in [-0.3, -0.25) is 0 Å². The van der Waals surface area contributed by atoms with Crippen LogP contribution >= 0.6 is 0 Å². The second-order valence-electron chi connectivity index (χ2n) is 5.48. The number of rotatable bonds is 6. The minimum absolute atomic E-state index is 0.0680. The Hall–Kier alpha value is -0.970. The molecule has 20 heavy (non-hydrogen) atoms. The first-order valence-corrected chi connectivity index (χ1v) is 7.42. The summed E-state index contributed by atoms with van der Waals surface area (Å²) in [6, 6.07) is 7.69. The number of nitrogens with one attached hydrogen (secondary N) is 1. The van der Waals surface area contributed by atoms with Crippen LogP contribution in [0.15, 0.2) is 24.3 Å². The van der Waals surface area contributed by atoms with Crippen LogP contribution in [0.1, 0.15) is 30.9 Å². The predicted octanol–water partition coefficient (Wildman–Crippen LogP) is 2.59. The lowest BCUT2D eigenvalue weighted by Gasteiger charge is -2.32. The van der Waals surface area contributed by atoms with Crippen LogP contribution in [0.4, 0.5) is 4.39 Å². The molecule has 1 aliphatic heterocycles. The third kappa shape index (κ3) is 4.01. The van der Waals surface area contributed by atoms with Gasteiger partial charge >= 0.3 is 0 Å². The summed E-state index contributed by atoms with van der Waals surface area (Å²) in [6.45, 7) is 2.68. The van der Waals surface area contributed by atoms with E-state index in [9.17, 15) is 4.39 Å². The van der Waals surface area contributed by atoms with Crippen LogP contribution < -0.4 is 5.32 Å². The normalized spacial score (nSPS) is 18.4. The summed E-state index contributed by atoms with van der Waals surface area (Å²) in [5, 5.41) is 3.23. The summed E-state index contributed by atoms with van der Waals surface area (Å²) >= 11 is 0. The van der Waals surface area contributed by atoms with Gasteiger partial charge in [0.05, 0.1) is 0 Å². The first kappa shape index (κ1) is 15.4. The van der Waals surface area contributed by atoms with Crippen molar-refractivity contribution in [3.05, 3.63) is 35.6 Å². The molecular formula is C16H25FN2O. The second-order valence-corrected chi connectivity index (χ2v) is 5.48. The maximum absolute atomic E-state index is 13.8. The number of hydrogen-bond acceptors (Lipinski definition) is 3. The Kier molecular flexibility index (Phi) is 5.95. The number of halogens is 1. The molecule has 0 aromatic heterocycles. The highest BCUT2D eigenvalue weighted by Crippen LogP contribution is 2.21. The van der Waals surface area contributed by atoms with E-state index < -0.39 is 0 Å². The molecule has 0 saturated carbocycles. The maximum atomic E-state index is 13.8. The van der Waals surface area contributed by atoms with Crippen LogP contribution in [0.2, 0.25) is 0 Å². The minimum Gasteiger partial charge on any atom is -0.381 e. The summed E-state index contributed by atoms with van der Waals surface area (Å²) < 4.78 is 19.2. The molecule has 1 N–H and O–H groups in total. The molecule has 1 fully saturated rings. The molecule has 1 atom stereocenters. The SMILES string of the molecule is CNC(CCN(C)C1CCOCC1)c1ccccc1F. The molecule has 3 nitrogen and oxygen atoms in total. The van der Waals surface area contributed by atoms with Crippen LogP contribution in [-0.4, -0.2) is 44.8 Å². The third-order valence-electron chi connectivity index (χ3n) is 4.21. The fourth-order valence-corrected chi connectivity index (χ4v) is 2.85. The van der Waals surface area contributed by atoms with Crippen molar-refractivity contribution in [1.29, 1.82) is 0 Å². The van der Waals surface area contributed by atoms with Crippen molar-refractivity contribution in [1.82, 2.24) is 10.2 Å². The van der Waals surface area contributed by atoms with E-state index in [0.29, 0.717) is 6.04 Å². The second kappa shape index (κ2) is 7.72. The number of nitrogens with zero attached hydrogens (tertiary/aromatic N) is 1. The van der Waals surface area contributed by atoms with Gasteiger partial charge < -0.3 is 15.0 Å². The fourth-order valence-electron chi connectivity index (χ4n) is 2.85. The maximum Gasteiger partial charge on any atom is 0.127 e. The van der Waals surface area contributed by atoms with E-state index in [2.05, 4.69) is 17.3 Å². The monoisotopic (exact) mass is 280 g/mol. The van der Waals surface area contributed by atoms with Gasteiger partial charge in [0.15, 0.2) is 0 Å². The zero-order valence-electron chi connectivity index (χ0n) is 12.4. The summed E-state index contributed by atoms with van der Waals surface area (Å²) in [5.74, 6) is -0.124. The molecule has 2 rings (SSSR count). The lowest BCUT2D eigenvalue weighted by molar-refractivity contribution is 0.0420. The molecule has 0 aliphatic carbocycles. The van der Waals surface area contributed by atoms with Crippen molar-refractivity contribution in [3.8, 4) is 0 Å². The Bertz CT molecular complexity index is 407. The number of hydrogen-bond donors (Lipinski definition) is 1. The van der Waals surface area contributed by atoms with Crippen LogP contribution in [0.5, 0.6) is 0 Å². The third-order valence-corrected chi connectivity index (χ3v) is 4.21. The van der Waals surface area contributed by atoms with Crippen molar-refractivity contribution < 1.29 is 9.13 Å². The van der Waals surface area contributed by atoms with Gasteiger partial charge in [-0.1, -0.05) is 18.2 Å². The molecule has 0 amide bonds. The Morgan fingerprint density at radius 1 is 1.35 bits per heavy atom. The average Bonchev–Trinajstić information content (AvgIpc) is 2.50. The van der Waals surface area contributed by atoms with Crippen molar-refractivity contribution in [3.63, 3.8) is 0 Å². The van der Waals surface area contributed by atoms with Crippen molar-refractivity contribution >= 4 is 0 Å². The van der Waals surface area contributed by atoms with Crippen LogP contribution in [0.3, 0.4) is 0 Å².